The Bertz CT molecular complexity index is 1620. The van der Waals surface area contributed by atoms with Crippen molar-refractivity contribution in [2.45, 2.75) is 32.7 Å². The van der Waals surface area contributed by atoms with Gasteiger partial charge in [-0.1, -0.05) is 29.8 Å². The van der Waals surface area contributed by atoms with Crippen LogP contribution in [0.1, 0.15) is 36.6 Å². The largest absolute Gasteiger partial charge is 0.493 e. The van der Waals surface area contributed by atoms with Crippen LogP contribution in [-0.4, -0.2) is 57.0 Å². The minimum absolute atomic E-state index is 0.171. The number of esters is 1. The van der Waals surface area contributed by atoms with Gasteiger partial charge in [0.1, 0.15) is 13.2 Å². The minimum atomic E-state index is -1.17. The van der Waals surface area contributed by atoms with Gasteiger partial charge in [-0.05, 0) is 77.3 Å². The van der Waals surface area contributed by atoms with E-state index < -0.39 is 24.3 Å². The maximum absolute atomic E-state index is 12.5. The highest BCUT2D eigenvalue weighted by molar-refractivity contribution is 9.10. The fraction of sp³-hybridized carbons (Fsp3) is 0.281. The monoisotopic (exact) mass is 716 g/mol. The van der Waals surface area contributed by atoms with Crippen molar-refractivity contribution >= 4 is 45.7 Å². The number of methoxy groups -OCH3 is 2. The highest BCUT2D eigenvalue weighted by Gasteiger charge is 2.32. The van der Waals surface area contributed by atoms with Crippen LogP contribution in [0.15, 0.2) is 75.4 Å². The topological polar surface area (TPSA) is 149 Å². The van der Waals surface area contributed by atoms with E-state index in [0.29, 0.717) is 62.5 Å². The molecule has 1 heterocycles. The minimum Gasteiger partial charge on any atom is -0.493 e. The number of urea groups is 1. The molecule has 244 valence electrons. The number of amides is 2. The molecular formula is C32H34BrClN4O8. The van der Waals surface area contributed by atoms with Crippen LogP contribution in [0.4, 0.5) is 4.79 Å². The molecule has 0 saturated carbocycles. The predicted octanol–water partition coefficient (Wildman–Crippen LogP) is 5.21. The summed E-state index contributed by atoms with van der Waals surface area (Å²) in [7, 11) is 2.81. The zero-order valence-electron chi connectivity index (χ0n) is 25.6. The quantitative estimate of drug-likeness (QED) is 0.0764. The van der Waals surface area contributed by atoms with Crippen LogP contribution < -0.4 is 35.0 Å². The van der Waals surface area contributed by atoms with Gasteiger partial charge in [-0.2, -0.15) is 5.10 Å². The smallest absolute Gasteiger partial charge is 0.337 e. The number of hydrazone groups is 1. The summed E-state index contributed by atoms with van der Waals surface area (Å²) in [6.45, 7) is 3.91. The third-order valence-electron chi connectivity index (χ3n) is 6.69. The van der Waals surface area contributed by atoms with E-state index in [0.717, 1.165) is 5.56 Å². The standard InChI is InChI=1S/C32H34BrClN4O8/c1-5-44-26-12-20(30-29(31(40)43-4)18(2)36-32(41)37-30)8-11-24(26)46-17-28(39)38-35-15-21-13-25(42-3)27(14-23(21)33)45-16-19-6-9-22(34)10-7-19/h6-15,28,30,38-39H,5,16-17H2,1-4H3,(H2,36,37,41)/b35-15-/t28-,30-/m0/s1. The highest BCUT2D eigenvalue weighted by atomic mass is 79.9. The maximum Gasteiger partial charge on any atom is 0.337 e. The van der Waals surface area contributed by atoms with Gasteiger partial charge in [-0.25, -0.2) is 9.59 Å². The van der Waals surface area contributed by atoms with Gasteiger partial charge in [0.2, 0.25) is 0 Å². The second-order valence-corrected chi connectivity index (χ2v) is 11.1. The lowest BCUT2D eigenvalue weighted by molar-refractivity contribution is -0.136. The number of hydrogen-bond donors (Lipinski definition) is 4. The molecule has 3 aromatic carbocycles. The molecule has 0 spiro atoms. The van der Waals surface area contributed by atoms with Crippen molar-refractivity contribution in [2.75, 3.05) is 27.4 Å². The summed E-state index contributed by atoms with van der Waals surface area (Å²) in [6, 6.07) is 14.7. The summed E-state index contributed by atoms with van der Waals surface area (Å²) in [6.07, 6.45) is 0.342. The Morgan fingerprint density at radius 3 is 2.50 bits per heavy atom. The van der Waals surface area contributed by atoms with E-state index in [1.165, 1.54) is 13.3 Å². The normalized spacial score (nSPS) is 15.1. The van der Waals surface area contributed by atoms with E-state index in [9.17, 15) is 14.7 Å². The Kier molecular flexibility index (Phi) is 12.1. The Balaban J connectivity index is 1.39. The number of hydrogen-bond acceptors (Lipinski definition) is 10. The van der Waals surface area contributed by atoms with Gasteiger partial charge >= 0.3 is 12.0 Å². The summed E-state index contributed by atoms with van der Waals surface area (Å²) < 4.78 is 28.6. The van der Waals surface area contributed by atoms with E-state index >= 15 is 0 Å². The molecule has 2 atom stereocenters. The molecule has 0 bridgehead atoms. The molecule has 0 saturated heterocycles. The number of allylic oxidation sites excluding steroid dienone is 1. The van der Waals surface area contributed by atoms with Crippen molar-refractivity contribution in [3.05, 3.63) is 92.1 Å². The van der Waals surface area contributed by atoms with Gasteiger partial charge in [0, 0.05) is 20.8 Å². The summed E-state index contributed by atoms with van der Waals surface area (Å²) in [5, 5.41) is 20.6. The first kappa shape index (κ1) is 34.4. The number of aliphatic hydroxyl groups is 1. The van der Waals surface area contributed by atoms with Gasteiger partial charge in [0.15, 0.2) is 29.2 Å². The molecule has 0 radical (unpaired) electrons. The van der Waals surface area contributed by atoms with Crippen LogP contribution >= 0.6 is 27.5 Å². The lowest BCUT2D eigenvalue weighted by atomic mass is 9.95. The van der Waals surface area contributed by atoms with Gasteiger partial charge < -0.3 is 39.4 Å². The summed E-state index contributed by atoms with van der Waals surface area (Å²) in [5.74, 6) is 1.17. The van der Waals surface area contributed by atoms with Crippen LogP contribution in [-0.2, 0) is 16.1 Å². The average Bonchev–Trinajstić information content (AvgIpc) is 3.04. The number of rotatable bonds is 14. The Hall–Kier alpha value is -4.46. The van der Waals surface area contributed by atoms with E-state index in [4.69, 9.17) is 35.3 Å². The first-order valence-electron chi connectivity index (χ1n) is 14.1. The number of aliphatic hydroxyl groups excluding tert-OH is 1. The summed E-state index contributed by atoms with van der Waals surface area (Å²) in [5.41, 5.74) is 5.48. The zero-order valence-corrected chi connectivity index (χ0v) is 27.9. The van der Waals surface area contributed by atoms with E-state index in [1.807, 2.05) is 19.1 Å². The number of carbonyl (C=O) groups is 2. The maximum atomic E-state index is 12.5. The van der Waals surface area contributed by atoms with Crippen LogP contribution in [0.25, 0.3) is 0 Å². The van der Waals surface area contributed by atoms with Crippen LogP contribution in [0, 0.1) is 0 Å². The molecule has 0 unspecified atom stereocenters. The third kappa shape index (κ3) is 8.83. The Morgan fingerprint density at radius 1 is 1.07 bits per heavy atom. The Morgan fingerprint density at radius 2 is 1.80 bits per heavy atom. The predicted molar refractivity (Wildman–Crippen MR) is 175 cm³/mol. The van der Waals surface area contributed by atoms with E-state index in [2.05, 4.69) is 37.1 Å². The first-order valence-corrected chi connectivity index (χ1v) is 15.3. The molecule has 0 aromatic heterocycles. The molecule has 12 nitrogen and oxygen atoms in total. The molecular weight excluding hydrogens is 684 g/mol. The fourth-order valence-electron chi connectivity index (χ4n) is 4.48. The zero-order chi connectivity index (χ0) is 33.2. The third-order valence-corrected chi connectivity index (χ3v) is 7.63. The van der Waals surface area contributed by atoms with E-state index in [-0.39, 0.29) is 12.2 Å². The number of nitrogens with zero attached hydrogens (tertiary/aromatic N) is 1. The fourth-order valence-corrected chi connectivity index (χ4v) is 5.03. The highest BCUT2D eigenvalue weighted by Crippen LogP contribution is 2.35. The van der Waals surface area contributed by atoms with Crippen molar-refractivity contribution in [3.8, 4) is 23.0 Å². The van der Waals surface area contributed by atoms with Crippen molar-refractivity contribution < 1.29 is 38.4 Å². The SMILES string of the molecule is CCOc1cc([C@@H]2NC(=O)NC(C)=C2C(=O)OC)ccc1OC[C@H](O)N/N=C\c1cc(OC)c(OCc2ccc(Cl)cc2)cc1Br. The van der Waals surface area contributed by atoms with Crippen molar-refractivity contribution in [3.63, 3.8) is 0 Å². The molecule has 0 aliphatic carbocycles. The molecule has 3 aromatic rings. The molecule has 46 heavy (non-hydrogen) atoms. The van der Waals surface area contributed by atoms with E-state index in [1.54, 1.807) is 56.5 Å². The van der Waals surface area contributed by atoms with Crippen LogP contribution in [0.3, 0.4) is 0 Å². The summed E-state index contributed by atoms with van der Waals surface area (Å²) in [4.78, 5) is 24.6. The molecule has 14 heteroatoms. The number of benzene rings is 3. The average molecular weight is 718 g/mol. The Labute approximate surface area is 279 Å². The van der Waals surface area contributed by atoms with Crippen molar-refractivity contribution in [1.82, 2.24) is 16.1 Å². The molecule has 2 amide bonds. The van der Waals surface area contributed by atoms with Crippen molar-refractivity contribution in [1.29, 1.82) is 0 Å². The lowest BCUT2D eigenvalue weighted by Crippen LogP contribution is -2.45. The molecule has 0 fully saturated rings. The van der Waals surface area contributed by atoms with Gasteiger partial charge in [0.05, 0.1) is 38.7 Å². The lowest BCUT2D eigenvalue weighted by Gasteiger charge is -2.28. The number of ether oxygens (including phenoxy) is 5. The second kappa shape index (κ2) is 16.2. The second-order valence-electron chi connectivity index (χ2n) is 9.85. The molecule has 1 aliphatic rings. The van der Waals surface area contributed by atoms with Crippen LogP contribution in [0.2, 0.25) is 5.02 Å². The molecule has 4 N–H and O–H groups in total. The number of halogens is 2. The van der Waals surface area contributed by atoms with Crippen molar-refractivity contribution in [2.24, 2.45) is 5.10 Å². The molecule has 1 aliphatic heterocycles. The van der Waals surface area contributed by atoms with Gasteiger partial charge in [-0.15, -0.1) is 0 Å². The number of carbonyl (C=O) groups excluding carboxylic acids is 2. The van der Waals surface area contributed by atoms with Gasteiger partial charge in [0.25, 0.3) is 0 Å². The first-order chi connectivity index (χ1) is 22.1. The number of nitrogens with one attached hydrogen (secondary N) is 3. The molecule has 4 rings (SSSR count). The summed E-state index contributed by atoms with van der Waals surface area (Å²) >= 11 is 9.48. The van der Waals surface area contributed by atoms with Gasteiger partial charge in [-0.3, -0.25) is 5.43 Å². The van der Waals surface area contributed by atoms with Crippen LogP contribution in [0.5, 0.6) is 23.0 Å².